The number of esters is 1. The van der Waals surface area contributed by atoms with Gasteiger partial charge in [-0.2, -0.15) is 5.10 Å². The molecule has 0 aromatic heterocycles. The third-order valence-corrected chi connectivity index (χ3v) is 4.64. The number of carbonyl (C=O) groups is 2. The molecule has 3 aromatic carbocycles. The maximum absolute atomic E-state index is 12.3. The first-order valence-electron chi connectivity index (χ1n) is 9.97. The van der Waals surface area contributed by atoms with Crippen molar-refractivity contribution in [1.82, 2.24) is 5.43 Å². The number of nitrogens with zero attached hydrogens (tertiary/aromatic N) is 2. The SMILES string of the molecule is COC(=O)c1ccc(COc2cccc(C=NNC(=O)c3cccc(N(C)C)c3)c2)cc1. The molecule has 32 heavy (non-hydrogen) atoms. The Balaban J connectivity index is 1.56. The Bertz CT molecular complexity index is 1110. The number of hydrogen-bond acceptors (Lipinski definition) is 6. The fraction of sp³-hybridized carbons (Fsp3) is 0.160. The van der Waals surface area contributed by atoms with Crippen LogP contribution in [0.3, 0.4) is 0 Å². The average molecular weight is 431 g/mol. The molecule has 164 valence electrons. The van der Waals surface area contributed by atoms with E-state index in [0.717, 1.165) is 16.8 Å². The predicted octanol–water partition coefficient (Wildman–Crippen LogP) is 3.88. The number of ether oxygens (including phenoxy) is 2. The van der Waals surface area contributed by atoms with Gasteiger partial charge in [0.2, 0.25) is 0 Å². The van der Waals surface area contributed by atoms with Gasteiger partial charge in [-0.15, -0.1) is 0 Å². The molecule has 3 aromatic rings. The first-order chi connectivity index (χ1) is 15.5. The van der Waals surface area contributed by atoms with Gasteiger partial charge in [-0.3, -0.25) is 4.79 Å². The molecule has 0 aliphatic rings. The Morgan fingerprint density at radius 3 is 2.44 bits per heavy atom. The van der Waals surface area contributed by atoms with Crippen LogP contribution < -0.4 is 15.1 Å². The molecule has 1 amide bonds. The van der Waals surface area contributed by atoms with Gasteiger partial charge in [0, 0.05) is 25.3 Å². The summed E-state index contributed by atoms with van der Waals surface area (Å²) in [5.41, 5.74) is 6.21. The molecule has 0 aliphatic carbocycles. The van der Waals surface area contributed by atoms with E-state index in [4.69, 9.17) is 9.47 Å². The predicted molar refractivity (Wildman–Crippen MR) is 124 cm³/mol. The summed E-state index contributed by atoms with van der Waals surface area (Å²) in [4.78, 5) is 25.8. The second-order valence-electron chi connectivity index (χ2n) is 7.19. The zero-order valence-corrected chi connectivity index (χ0v) is 18.2. The molecule has 1 N–H and O–H groups in total. The molecule has 7 heteroatoms. The van der Waals surface area contributed by atoms with E-state index in [0.29, 0.717) is 23.5 Å². The molecule has 0 aliphatic heterocycles. The Morgan fingerprint density at radius 2 is 1.72 bits per heavy atom. The molecule has 7 nitrogen and oxygen atoms in total. The monoisotopic (exact) mass is 431 g/mol. The second kappa shape index (κ2) is 10.8. The van der Waals surface area contributed by atoms with Gasteiger partial charge >= 0.3 is 5.97 Å². The molecule has 0 radical (unpaired) electrons. The van der Waals surface area contributed by atoms with E-state index in [-0.39, 0.29) is 11.9 Å². The lowest BCUT2D eigenvalue weighted by Crippen LogP contribution is -2.18. The van der Waals surface area contributed by atoms with Gasteiger partial charge in [-0.1, -0.05) is 30.3 Å². The molecule has 0 spiro atoms. The van der Waals surface area contributed by atoms with Crippen LogP contribution in [-0.4, -0.2) is 39.3 Å². The van der Waals surface area contributed by atoms with E-state index in [1.54, 1.807) is 30.5 Å². The number of hydrogen-bond donors (Lipinski definition) is 1. The third kappa shape index (κ3) is 6.18. The maximum atomic E-state index is 12.3. The summed E-state index contributed by atoms with van der Waals surface area (Å²) in [5, 5.41) is 4.05. The summed E-state index contributed by atoms with van der Waals surface area (Å²) in [6, 6.07) is 21.7. The zero-order valence-electron chi connectivity index (χ0n) is 18.2. The highest BCUT2D eigenvalue weighted by atomic mass is 16.5. The standard InChI is InChI=1S/C25H25N3O4/c1-28(2)22-8-5-7-21(15-22)24(29)27-26-16-19-6-4-9-23(14-19)32-17-18-10-12-20(13-11-18)25(30)31-3/h4-16H,17H2,1-3H3,(H,27,29). The second-order valence-corrected chi connectivity index (χ2v) is 7.19. The zero-order chi connectivity index (χ0) is 22.9. The van der Waals surface area contributed by atoms with Crippen molar-refractivity contribution < 1.29 is 19.1 Å². The number of carbonyl (C=O) groups excluding carboxylic acids is 2. The van der Waals surface area contributed by atoms with Gasteiger partial charge in [-0.05, 0) is 53.6 Å². The molecule has 0 atom stereocenters. The fourth-order valence-electron chi connectivity index (χ4n) is 2.86. The smallest absolute Gasteiger partial charge is 0.337 e. The Morgan fingerprint density at radius 1 is 0.969 bits per heavy atom. The lowest BCUT2D eigenvalue weighted by Gasteiger charge is -2.12. The maximum Gasteiger partial charge on any atom is 0.337 e. The fourth-order valence-corrected chi connectivity index (χ4v) is 2.86. The van der Waals surface area contributed by atoms with Crippen LogP contribution in [0.2, 0.25) is 0 Å². The van der Waals surface area contributed by atoms with Crippen molar-refractivity contribution in [2.75, 3.05) is 26.1 Å². The van der Waals surface area contributed by atoms with Gasteiger partial charge in [0.05, 0.1) is 18.9 Å². The number of hydrazone groups is 1. The Kier molecular flexibility index (Phi) is 7.59. The molecule has 0 saturated carbocycles. The summed E-state index contributed by atoms with van der Waals surface area (Å²) in [6.45, 7) is 0.348. The van der Waals surface area contributed by atoms with Crippen molar-refractivity contribution in [2.24, 2.45) is 5.10 Å². The van der Waals surface area contributed by atoms with Crippen molar-refractivity contribution >= 4 is 23.8 Å². The molecule has 3 rings (SSSR count). The molecule has 0 unspecified atom stereocenters. The van der Waals surface area contributed by atoms with E-state index < -0.39 is 0 Å². The highest BCUT2D eigenvalue weighted by Gasteiger charge is 2.06. The molecular formula is C25H25N3O4. The Hall–Kier alpha value is -4.13. The van der Waals surface area contributed by atoms with Crippen molar-refractivity contribution in [3.63, 3.8) is 0 Å². The largest absolute Gasteiger partial charge is 0.489 e. The highest BCUT2D eigenvalue weighted by Crippen LogP contribution is 2.16. The van der Waals surface area contributed by atoms with Crippen LogP contribution in [0.5, 0.6) is 5.75 Å². The van der Waals surface area contributed by atoms with E-state index in [1.807, 2.05) is 67.5 Å². The topological polar surface area (TPSA) is 80.2 Å². The number of amides is 1. The molecular weight excluding hydrogens is 406 g/mol. The van der Waals surface area contributed by atoms with E-state index in [2.05, 4.69) is 10.5 Å². The molecule has 0 heterocycles. The minimum atomic E-state index is -0.373. The minimum Gasteiger partial charge on any atom is -0.489 e. The molecule has 0 bridgehead atoms. The van der Waals surface area contributed by atoms with Crippen LogP contribution >= 0.6 is 0 Å². The lowest BCUT2D eigenvalue weighted by molar-refractivity contribution is 0.0600. The molecule has 0 fully saturated rings. The van der Waals surface area contributed by atoms with Crippen molar-refractivity contribution in [3.05, 3.63) is 95.1 Å². The first-order valence-corrected chi connectivity index (χ1v) is 9.97. The van der Waals surface area contributed by atoms with Gasteiger partial charge in [-0.25, -0.2) is 10.2 Å². The normalized spacial score (nSPS) is 10.6. The van der Waals surface area contributed by atoms with Gasteiger partial charge in [0.1, 0.15) is 12.4 Å². The molecule has 0 saturated heterocycles. The van der Waals surface area contributed by atoms with Crippen LogP contribution in [0.4, 0.5) is 5.69 Å². The van der Waals surface area contributed by atoms with Crippen LogP contribution in [0.1, 0.15) is 31.8 Å². The minimum absolute atomic E-state index is 0.284. The van der Waals surface area contributed by atoms with Gasteiger partial charge in [0.25, 0.3) is 5.91 Å². The van der Waals surface area contributed by atoms with Crippen LogP contribution in [0.15, 0.2) is 77.9 Å². The quantitative estimate of drug-likeness (QED) is 0.333. The first kappa shape index (κ1) is 22.6. The summed E-state index contributed by atoms with van der Waals surface area (Å²) >= 11 is 0. The summed E-state index contributed by atoms with van der Waals surface area (Å²) < 4.78 is 10.5. The highest BCUT2D eigenvalue weighted by molar-refractivity contribution is 5.95. The number of methoxy groups -OCH3 is 1. The average Bonchev–Trinajstić information content (AvgIpc) is 2.83. The van der Waals surface area contributed by atoms with E-state index >= 15 is 0 Å². The number of benzene rings is 3. The lowest BCUT2D eigenvalue weighted by atomic mass is 10.1. The Labute approximate surface area is 187 Å². The van der Waals surface area contributed by atoms with Gasteiger partial charge in [0.15, 0.2) is 0 Å². The van der Waals surface area contributed by atoms with Crippen LogP contribution in [0, 0.1) is 0 Å². The third-order valence-electron chi connectivity index (χ3n) is 4.64. The van der Waals surface area contributed by atoms with Gasteiger partial charge < -0.3 is 14.4 Å². The summed E-state index contributed by atoms with van der Waals surface area (Å²) in [6.07, 6.45) is 1.56. The van der Waals surface area contributed by atoms with Crippen molar-refractivity contribution in [2.45, 2.75) is 6.61 Å². The van der Waals surface area contributed by atoms with E-state index in [9.17, 15) is 9.59 Å². The summed E-state index contributed by atoms with van der Waals surface area (Å²) in [5.74, 6) is 0.00529. The van der Waals surface area contributed by atoms with Crippen LogP contribution in [0.25, 0.3) is 0 Å². The van der Waals surface area contributed by atoms with Crippen molar-refractivity contribution in [1.29, 1.82) is 0 Å². The number of nitrogens with one attached hydrogen (secondary N) is 1. The number of anilines is 1. The summed E-state index contributed by atoms with van der Waals surface area (Å²) in [7, 11) is 5.19. The van der Waals surface area contributed by atoms with Crippen molar-refractivity contribution in [3.8, 4) is 5.75 Å². The van der Waals surface area contributed by atoms with Crippen LogP contribution in [-0.2, 0) is 11.3 Å². The van der Waals surface area contributed by atoms with E-state index in [1.165, 1.54) is 7.11 Å². The number of rotatable bonds is 8.